The largest absolute Gasteiger partial charge is 0.503 e. The van der Waals surface area contributed by atoms with Crippen LogP contribution in [0.1, 0.15) is 48.5 Å². The lowest BCUT2D eigenvalue weighted by molar-refractivity contribution is -0.117. The fourth-order valence-corrected chi connectivity index (χ4v) is 5.68. The number of amides is 1. The Morgan fingerprint density at radius 2 is 1.66 bits per heavy atom. The molecule has 1 atom stereocenters. The van der Waals surface area contributed by atoms with E-state index in [9.17, 15) is 14.7 Å². The average molecular weight is 566 g/mol. The maximum Gasteiger partial charge on any atom is 0.294 e. The van der Waals surface area contributed by atoms with Gasteiger partial charge in [-0.25, -0.2) is 0 Å². The molecule has 0 bridgehead atoms. The first-order chi connectivity index (χ1) is 19.6. The molecule has 7 heteroatoms. The van der Waals surface area contributed by atoms with Crippen LogP contribution in [0.4, 0.5) is 5.69 Å². The highest BCUT2D eigenvalue weighted by atomic mass is 35.5. The Kier molecular flexibility index (Phi) is 6.39. The lowest BCUT2D eigenvalue weighted by Crippen LogP contribution is -2.31. The molecule has 1 aromatic heterocycles. The molecule has 5 aromatic rings. The number of Topliss-reactive ketones (excluding diaryl/α,β-unsaturated/α-hetero) is 1. The summed E-state index contributed by atoms with van der Waals surface area (Å²) in [6, 6.07) is 25.1. The Balaban J connectivity index is 1.54. The van der Waals surface area contributed by atoms with Crippen LogP contribution in [0.15, 0.2) is 101 Å². The number of aliphatic hydroxyl groups is 1. The van der Waals surface area contributed by atoms with Gasteiger partial charge in [0, 0.05) is 21.9 Å². The van der Waals surface area contributed by atoms with E-state index in [1.807, 2.05) is 66.7 Å². The first-order valence-corrected chi connectivity index (χ1v) is 13.6. The summed E-state index contributed by atoms with van der Waals surface area (Å²) in [6.07, 6.45) is 0. The van der Waals surface area contributed by atoms with Crippen molar-refractivity contribution in [2.45, 2.75) is 32.2 Å². The molecule has 0 aliphatic carbocycles. The van der Waals surface area contributed by atoms with Gasteiger partial charge in [0.05, 0.1) is 24.4 Å². The number of fused-ring (bicyclic) bond motifs is 2. The minimum Gasteiger partial charge on any atom is -0.503 e. The molecular formula is C34H28ClNO5. The smallest absolute Gasteiger partial charge is 0.294 e. The van der Waals surface area contributed by atoms with Gasteiger partial charge in [-0.3, -0.25) is 14.5 Å². The molecule has 1 aliphatic rings. The van der Waals surface area contributed by atoms with Crippen molar-refractivity contribution in [3.05, 3.63) is 118 Å². The van der Waals surface area contributed by atoms with Crippen LogP contribution in [-0.2, 0) is 10.2 Å². The van der Waals surface area contributed by atoms with Gasteiger partial charge in [0.15, 0.2) is 22.9 Å². The molecule has 4 aromatic carbocycles. The van der Waals surface area contributed by atoms with Gasteiger partial charge in [-0.05, 0) is 40.1 Å². The van der Waals surface area contributed by atoms with Crippen LogP contribution in [0, 0.1) is 0 Å². The highest BCUT2D eigenvalue weighted by molar-refractivity contribution is 6.31. The summed E-state index contributed by atoms with van der Waals surface area (Å²) in [7, 11) is 1.48. The molecule has 0 saturated carbocycles. The molecular weight excluding hydrogens is 538 g/mol. The third kappa shape index (κ3) is 4.45. The number of furan rings is 1. The van der Waals surface area contributed by atoms with E-state index in [2.05, 4.69) is 20.8 Å². The van der Waals surface area contributed by atoms with Crippen molar-refractivity contribution in [2.24, 2.45) is 0 Å². The molecule has 1 N–H and O–H groups in total. The van der Waals surface area contributed by atoms with Gasteiger partial charge in [0.25, 0.3) is 5.91 Å². The second-order valence-corrected chi connectivity index (χ2v) is 11.6. The zero-order chi connectivity index (χ0) is 29.1. The van der Waals surface area contributed by atoms with E-state index in [1.54, 1.807) is 18.2 Å². The van der Waals surface area contributed by atoms with Crippen molar-refractivity contribution in [3.8, 4) is 5.75 Å². The zero-order valence-corrected chi connectivity index (χ0v) is 23.8. The number of benzene rings is 4. The number of carbonyl (C=O) groups is 2. The summed E-state index contributed by atoms with van der Waals surface area (Å²) in [4.78, 5) is 29.5. The Morgan fingerprint density at radius 1 is 0.951 bits per heavy atom. The van der Waals surface area contributed by atoms with Crippen LogP contribution < -0.4 is 9.64 Å². The van der Waals surface area contributed by atoms with Crippen LogP contribution in [0.3, 0.4) is 0 Å². The second-order valence-electron chi connectivity index (χ2n) is 11.2. The Morgan fingerprint density at radius 3 is 2.37 bits per heavy atom. The number of hydrogen-bond acceptors (Lipinski definition) is 5. The number of rotatable bonds is 5. The Labute approximate surface area is 242 Å². The van der Waals surface area contributed by atoms with Gasteiger partial charge in [-0.2, -0.15) is 0 Å². The number of hydrogen-bond donors (Lipinski definition) is 1. The van der Waals surface area contributed by atoms with E-state index in [-0.39, 0.29) is 16.7 Å². The van der Waals surface area contributed by atoms with Crippen molar-refractivity contribution in [1.29, 1.82) is 0 Å². The lowest BCUT2D eigenvalue weighted by Gasteiger charge is -2.28. The minimum atomic E-state index is -0.895. The molecule has 6 rings (SSSR count). The van der Waals surface area contributed by atoms with E-state index >= 15 is 0 Å². The lowest BCUT2D eigenvalue weighted by atomic mass is 9.85. The number of ether oxygens (including phenoxy) is 1. The number of halogens is 1. The van der Waals surface area contributed by atoms with Crippen molar-refractivity contribution in [1.82, 2.24) is 0 Å². The van der Waals surface area contributed by atoms with E-state index < -0.39 is 23.5 Å². The monoisotopic (exact) mass is 565 g/mol. The molecule has 41 heavy (non-hydrogen) atoms. The number of anilines is 1. The van der Waals surface area contributed by atoms with E-state index in [0.717, 1.165) is 16.3 Å². The van der Waals surface area contributed by atoms with E-state index in [4.69, 9.17) is 20.8 Å². The average Bonchev–Trinajstić information content (AvgIpc) is 3.50. The zero-order valence-electron chi connectivity index (χ0n) is 23.1. The second kappa shape index (κ2) is 9.82. The van der Waals surface area contributed by atoms with Crippen LogP contribution in [-0.4, -0.2) is 23.9 Å². The maximum absolute atomic E-state index is 14.1. The topological polar surface area (TPSA) is 80.0 Å². The van der Waals surface area contributed by atoms with Gasteiger partial charge in [-0.1, -0.05) is 93.0 Å². The first kappa shape index (κ1) is 26.7. The third-order valence-electron chi connectivity index (χ3n) is 7.56. The molecule has 1 amide bonds. The van der Waals surface area contributed by atoms with Crippen LogP contribution >= 0.6 is 11.6 Å². The first-order valence-electron chi connectivity index (χ1n) is 13.2. The number of methoxy groups -OCH3 is 1. The minimum absolute atomic E-state index is 0.0361. The Hall–Kier alpha value is -4.55. The van der Waals surface area contributed by atoms with Crippen molar-refractivity contribution >= 4 is 50.7 Å². The number of nitrogens with zero attached hydrogens (tertiary/aromatic N) is 1. The van der Waals surface area contributed by atoms with Gasteiger partial charge in [-0.15, -0.1) is 0 Å². The fraction of sp³-hybridized carbons (Fsp3) is 0.176. The molecule has 0 saturated heterocycles. The molecule has 2 heterocycles. The number of aliphatic hydroxyl groups excluding tert-OH is 1. The van der Waals surface area contributed by atoms with E-state index in [0.29, 0.717) is 33.0 Å². The molecule has 1 aliphatic heterocycles. The summed E-state index contributed by atoms with van der Waals surface area (Å²) < 4.78 is 11.4. The van der Waals surface area contributed by atoms with Crippen LogP contribution in [0.25, 0.3) is 21.7 Å². The van der Waals surface area contributed by atoms with Gasteiger partial charge in [0.1, 0.15) is 0 Å². The molecule has 0 fully saturated rings. The predicted octanol–water partition coefficient (Wildman–Crippen LogP) is 8.33. The summed E-state index contributed by atoms with van der Waals surface area (Å²) in [6.45, 7) is 6.35. The van der Waals surface area contributed by atoms with Crippen LogP contribution in [0.2, 0.25) is 5.02 Å². The fourth-order valence-electron chi connectivity index (χ4n) is 5.47. The summed E-state index contributed by atoms with van der Waals surface area (Å²) in [5.74, 6) is -1.53. The SMILES string of the molecule is COc1cc(Cl)cc2cc(C(=O)C3=C(O)C(=O)N(c4cccc5ccccc45)C3c3ccc(C(C)(C)C)cc3)oc12. The van der Waals surface area contributed by atoms with Crippen molar-refractivity contribution in [2.75, 3.05) is 12.0 Å². The molecule has 6 nitrogen and oxygen atoms in total. The number of ketones is 1. The van der Waals surface area contributed by atoms with Crippen molar-refractivity contribution in [3.63, 3.8) is 0 Å². The highest BCUT2D eigenvalue weighted by Crippen LogP contribution is 2.45. The summed E-state index contributed by atoms with van der Waals surface area (Å²) >= 11 is 6.24. The number of carbonyl (C=O) groups excluding carboxylic acids is 2. The Bertz CT molecular complexity index is 1870. The van der Waals surface area contributed by atoms with Gasteiger partial charge >= 0.3 is 0 Å². The summed E-state index contributed by atoms with van der Waals surface area (Å²) in [5, 5.41) is 14.1. The molecule has 206 valence electrons. The standard InChI is InChI=1S/C34H28ClNO5/c1-34(2,3)22-14-12-20(13-15-22)29-28(30(37)26-17-21-16-23(35)18-27(40-4)32(21)41-26)31(38)33(39)36(29)25-11-7-9-19-8-5-6-10-24(19)25/h5-18,29,38H,1-4H3. The maximum atomic E-state index is 14.1. The molecule has 0 spiro atoms. The molecule has 1 unspecified atom stereocenters. The highest BCUT2D eigenvalue weighted by Gasteiger charge is 2.46. The van der Waals surface area contributed by atoms with E-state index in [1.165, 1.54) is 12.0 Å². The quantitative estimate of drug-likeness (QED) is 0.217. The summed E-state index contributed by atoms with van der Waals surface area (Å²) in [5.41, 5.74) is 2.57. The molecule has 0 radical (unpaired) electrons. The third-order valence-corrected chi connectivity index (χ3v) is 7.78. The van der Waals surface area contributed by atoms with Crippen molar-refractivity contribution < 1.29 is 23.8 Å². The normalized spacial score (nSPS) is 15.8. The predicted molar refractivity (Wildman–Crippen MR) is 161 cm³/mol. The van der Waals surface area contributed by atoms with Crippen LogP contribution in [0.5, 0.6) is 5.75 Å². The van der Waals surface area contributed by atoms with Gasteiger partial charge in [0.2, 0.25) is 5.78 Å². The van der Waals surface area contributed by atoms with Gasteiger partial charge < -0.3 is 14.3 Å².